The van der Waals surface area contributed by atoms with Crippen molar-refractivity contribution in [2.45, 2.75) is 25.3 Å². The molecule has 5 heteroatoms. The molecule has 25 heavy (non-hydrogen) atoms. The maximum absolute atomic E-state index is 11.4. The maximum atomic E-state index is 11.4. The SMILES string of the molecule is COc1ccc([C@@H]2Nc3c(C)cccc3[C@H]3C=CC[C@@H]32)cc1[N+](=O)[O-]. The van der Waals surface area contributed by atoms with Crippen LogP contribution in [0.5, 0.6) is 5.75 Å². The number of para-hydroxylation sites is 1. The van der Waals surface area contributed by atoms with Crippen molar-refractivity contribution >= 4 is 11.4 Å². The van der Waals surface area contributed by atoms with E-state index in [9.17, 15) is 10.1 Å². The number of benzene rings is 2. The molecule has 0 fully saturated rings. The van der Waals surface area contributed by atoms with Gasteiger partial charge in [-0.15, -0.1) is 0 Å². The number of anilines is 1. The molecule has 0 amide bonds. The lowest BCUT2D eigenvalue weighted by Crippen LogP contribution is -2.29. The molecule has 2 aliphatic rings. The first-order valence-electron chi connectivity index (χ1n) is 8.45. The summed E-state index contributed by atoms with van der Waals surface area (Å²) >= 11 is 0. The van der Waals surface area contributed by atoms with E-state index < -0.39 is 0 Å². The van der Waals surface area contributed by atoms with Gasteiger partial charge in [0.15, 0.2) is 5.75 Å². The number of nitrogens with zero attached hydrogens (tertiary/aromatic N) is 1. The van der Waals surface area contributed by atoms with Crippen LogP contribution in [0.2, 0.25) is 0 Å². The molecule has 5 nitrogen and oxygen atoms in total. The highest BCUT2D eigenvalue weighted by Gasteiger charge is 2.38. The van der Waals surface area contributed by atoms with Crippen LogP contribution in [0.1, 0.15) is 35.1 Å². The summed E-state index contributed by atoms with van der Waals surface area (Å²) in [7, 11) is 1.46. The van der Waals surface area contributed by atoms with Crippen molar-refractivity contribution in [1.82, 2.24) is 0 Å². The Balaban J connectivity index is 1.80. The fourth-order valence-electron chi connectivity index (χ4n) is 4.15. The van der Waals surface area contributed by atoms with Gasteiger partial charge in [-0.25, -0.2) is 0 Å². The van der Waals surface area contributed by atoms with Crippen molar-refractivity contribution in [3.05, 3.63) is 75.4 Å². The number of methoxy groups -OCH3 is 1. The normalized spacial score (nSPS) is 23.5. The van der Waals surface area contributed by atoms with Crippen LogP contribution in [0.3, 0.4) is 0 Å². The molecule has 0 unspecified atom stereocenters. The van der Waals surface area contributed by atoms with Gasteiger partial charge in [0.2, 0.25) is 0 Å². The number of hydrogen-bond acceptors (Lipinski definition) is 4. The number of rotatable bonds is 3. The van der Waals surface area contributed by atoms with E-state index >= 15 is 0 Å². The minimum Gasteiger partial charge on any atom is -0.490 e. The first-order valence-corrected chi connectivity index (χ1v) is 8.45. The fourth-order valence-corrected chi connectivity index (χ4v) is 4.15. The van der Waals surface area contributed by atoms with Gasteiger partial charge in [-0.1, -0.05) is 36.4 Å². The Morgan fingerprint density at radius 2 is 2.12 bits per heavy atom. The third kappa shape index (κ3) is 2.47. The molecule has 1 heterocycles. The molecule has 0 spiro atoms. The minimum atomic E-state index is -0.380. The van der Waals surface area contributed by atoms with Crippen LogP contribution in [0.15, 0.2) is 48.6 Å². The van der Waals surface area contributed by atoms with Crippen LogP contribution < -0.4 is 10.1 Å². The molecule has 1 N–H and O–H groups in total. The summed E-state index contributed by atoms with van der Waals surface area (Å²) < 4.78 is 5.14. The Labute approximate surface area is 146 Å². The summed E-state index contributed by atoms with van der Waals surface area (Å²) in [6.45, 7) is 2.10. The van der Waals surface area contributed by atoms with E-state index in [-0.39, 0.29) is 16.7 Å². The molecule has 128 valence electrons. The van der Waals surface area contributed by atoms with Crippen LogP contribution in [0, 0.1) is 23.0 Å². The van der Waals surface area contributed by atoms with Gasteiger partial charge < -0.3 is 10.1 Å². The molecule has 0 radical (unpaired) electrons. The Morgan fingerprint density at radius 1 is 1.28 bits per heavy atom. The highest BCUT2D eigenvalue weighted by Crippen LogP contribution is 2.51. The summed E-state index contributed by atoms with van der Waals surface area (Å²) in [5.41, 5.74) is 4.61. The fraction of sp³-hybridized carbons (Fsp3) is 0.300. The van der Waals surface area contributed by atoms with Crippen molar-refractivity contribution in [1.29, 1.82) is 0 Å². The quantitative estimate of drug-likeness (QED) is 0.499. The van der Waals surface area contributed by atoms with Gasteiger partial charge in [-0.3, -0.25) is 10.1 Å². The number of nitro groups is 1. The van der Waals surface area contributed by atoms with Gasteiger partial charge in [0.05, 0.1) is 18.1 Å². The number of ether oxygens (including phenoxy) is 1. The first kappa shape index (κ1) is 15.7. The molecule has 3 atom stereocenters. The van der Waals surface area contributed by atoms with Crippen molar-refractivity contribution < 1.29 is 9.66 Å². The lowest BCUT2D eigenvalue weighted by atomic mass is 9.76. The van der Waals surface area contributed by atoms with E-state index in [0.29, 0.717) is 17.6 Å². The van der Waals surface area contributed by atoms with Crippen molar-refractivity contribution in [2.75, 3.05) is 12.4 Å². The number of allylic oxidation sites excluding steroid dienone is 2. The van der Waals surface area contributed by atoms with Gasteiger partial charge in [0.1, 0.15) is 0 Å². The van der Waals surface area contributed by atoms with Crippen molar-refractivity contribution in [2.24, 2.45) is 5.92 Å². The first-order chi connectivity index (χ1) is 12.1. The topological polar surface area (TPSA) is 64.4 Å². The minimum absolute atomic E-state index is 0.0138. The summed E-state index contributed by atoms with van der Waals surface area (Å²) in [5, 5.41) is 15.0. The summed E-state index contributed by atoms with van der Waals surface area (Å²) in [5.74, 6) is 1.01. The largest absolute Gasteiger partial charge is 0.490 e. The highest BCUT2D eigenvalue weighted by atomic mass is 16.6. The molecule has 0 saturated heterocycles. The van der Waals surface area contributed by atoms with Gasteiger partial charge in [-0.05, 0) is 42.0 Å². The number of fused-ring (bicyclic) bond motifs is 3. The molecular formula is C20H20N2O3. The predicted octanol–water partition coefficient (Wildman–Crippen LogP) is 4.74. The van der Waals surface area contributed by atoms with E-state index in [1.165, 1.54) is 18.2 Å². The monoisotopic (exact) mass is 336 g/mol. The lowest BCUT2D eigenvalue weighted by Gasteiger charge is -2.38. The second-order valence-electron chi connectivity index (χ2n) is 6.70. The van der Waals surface area contributed by atoms with E-state index in [1.807, 2.05) is 6.07 Å². The predicted molar refractivity (Wildman–Crippen MR) is 97.2 cm³/mol. The number of nitro benzene ring substituents is 1. The second kappa shape index (κ2) is 5.92. The van der Waals surface area contributed by atoms with Crippen molar-refractivity contribution in [3.8, 4) is 5.75 Å². The van der Waals surface area contributed by atoms with Gasteiger partial charge in [0.25, 0.3) is 0 Å². The summed E-state index contributed by atoms with van der Waals surface area (Å²) in [4.78, 5) is 11.0. The third-order valence-electron chi connectivity index (χ3n) is 5.36. The van der Waals surface area contributed by atoms with E-state index in [0.717, 1.165) is 17.7 Å². The Bertz CT molecular complexity index is 875. The zero-order valence-electron chi connectivity index (χ0n) is 14.2. The van der Waals surface area contributed by atoms with Crippen LogP contribution in [0.4, 0.5) is 11.4 Å². The Kier molecular flexibility index (Phi) is 3.71. The summed E-state index contributed by atoms with van der Waals surface area (Å²) in [6.07, 6.45) is 5.46. The average molecular weight is 336 g/mol. The molecule has 1 aliphatic heterocycles. The number of hydrogen-bond donors (Lipinski definition) is 1. The van der Waals surface area contributed by atoms with E-state index in [1.54, 1.807) is 12.1 Å². The molecule has 0 aromatic heterocycles. The summed E-state index contributed by atoms with van der Waals surface area (Å²) in [6, 6.07) is 11.7. The molecule has 4 rings (SSSR count). The molecule has 0 bridgehead atoms. The van der Waals surface area contributed by atoms with Crippen LogP contribution in [0.25, 0.3) is 0 Å². The average Bonchev–Trinajstić information content (AvgIpc) is 3.11. The number of nitrogens with one attached hydrogen (secondary N) is 1. The zero-order chi connectivity index (χ0) is 17.6. The second-order valence-corrected chi connectivity index (χ2v) is 6.70. The van der Waals surface area contributed by atoms with E-state index in [2.05, 4.69) is 42.6 Å². The molecule has 2 aromatic rings. The standard InChI is InChI=1S/C20H20N2O3/c1-12-5-3-7-15-14-6-4-8-16(14)20(21-19(12)15)13-9-10-18(25-2)17(11-13)22(23)24/h3-7,9-11,14,16,20-21H,8H2,1-2H3/t14-,16+,20+/m1/s1. The maximum Gasteiger partial charge on any atom is 0.311 e. The Morgan fingerprint density at radius 3 is 2.88 bits per heavy atom. The van der Waals surface area contributed by atoms with Gasteiger partial charge in [-0.2, -0.15) is 0 Å². The molecule has 2 aromatic carbocycles. The molecular weight excluding hydrogens is 316 g/mol. The molecule has 1 aliphatic carbocycles. The lowest BCUT2D eigenvalue weighted by molar-refractivity contribution is -0.385. The smallest absolute Gasteiger partial charge is 0.311 e. The molecule has 0 saturated carbocycles. The Hall–Kier alpha value is -2.82. The highest BCUT2D eigenvalue weighted by molar-refractivity contribution is 5.64. The number of aryl methyl sites for hydroxylation is 1. The zero-order valence-corrected chi connectivity index (χ0v) is 14.2. The van der Waals surface area contributed by atoms with E-state index in [4.69, 9.17) is 4.74 Å². The van der Waals surface area contributed by atoms with Crippen LogP contribution in [-0.2, 0) is 0 Å². The van der Waals surface area contributed by atoms with Crippen LogP contribution >= 0.6 is 0 Å². The van der Waals surface area contributed by atoms with Crippen molar-refractivity contribution in [3.63, 3.8) is 0 Å². The van der Waals surface area contributed by atoms with Gasteiger partial charge in [0, 0.05) is 17.7 Å². The third-order valence-corrected chi connectivity index (χ3v) is 5.36. The van der Waals surface area contributed by atoms with Crippen LogP contribution in [-0.4, -0.2) is 12.0 Å². The van der Waals surface area contributed by atoms with Gasteiger partial charge >= 0.3 is 5.69 Å².